The van der Waals surface area contributed by atoms with Gasteiger partial charge in [0, 0.05) is 6.04 Å². The second-order valence-corrected chi connectivity index (χ2v) is 2.83. The molecule has 0 spiro atoms. The van der Waals surface area contributed by atoms with Gasteiger partial charge in [-0.2, -0.15) is 5.26 Å². The van der Waals surface area contributed by atoms with E-state index in [9.17, 15) is 0 Å². The van der Waals surface area contributed by atoms with Crippen molar-refractivity contribution in [2.45, 2.75) is 6.04 Å². The zero-order chi connectivity index (χ0) is 10.6. The fourth-order valence-electron chi connectivity index (χ4n) is 1.17. The summed E-state index contributed by atoms with van der Waals surface area (Å²) in [6, 6.07) is 6.93. The van der Waals surface area contributed by atoms with Gasteiger partial charge in [0.25, 0.3) is 0 Å². The number of methoxy groups -OCH3 is 1. The van der Waals surface area contributed by atoms with Gasteiger partial charge in [-0.15, -0.1) is 6.58 Å². The number of ether oxygens (including phenoxy) is 1. The molecule has 0 radical (unpaired) electrons. The SMILES string of the molecule is C=CC(N)c1cc(OC)ccc1C#N. The Morgan fingerprint density at radius 2 is 2.36 bits per heavy atom. The van der Waals surface area contributed by atoms with Crippen molar-refractivity contribution >= 4 is 0 Å². The first-order valence-corrected chi connectivity index (χ1v) is 4.19. The fraction of sp³-hybridized carbons (Fsp3) is 0.182. The van der Waals surface area contributed by atoms with Crippen molar-refractivity contribution in [2.24, 2.45) is 5.73 Å². The third kappa shape index (κ3) is 1.93. The van der Waals surface area contributed by atoms with Crippen molar-refractivity contribution in [3.05, 3.63) is 42.0 Å². The molecule has 0 aliphatic carbocycles. The second kappa shape index (κ2) is 4.45. The summed E-state index contributed by atoms with van der Waals surface area (Å²) < 4.78 is 5.05. The van der Waals surface area contributed by atoms with Crippen LogP contribution in [0.2, 0.25) is 0 Å². The van der Waals surface area contributed by atoms with Crippen molar-refractivity contribution in [1.29, 1.82) is 5.26 Å². The Balaban J connectivity index is 3.22. The van der Waals surface area contributed by atoms with Gasteiger partial charge in [0.15, 0.2) is 0 Å². The van der Waals surface area contributed by atoms with Crippen LogP contribution in [-0.2, 0) is 0 Å². The molecule has 0 fully saturated rings. The van der Waals surface area contributed by atoms with Crippen LogP contribution >= 0.6 is 0 Å². The van der Waals surface area contributed by atoms with Gasteiger partial charge in [-0.1, -0.05) is 6.08 Å². The summed E-state index contributed by atoms with van der Waals surface area (Å²) in [6.07, 6.45) is 1.59. The normalized spacial score (nSPS) is 11.5. The second-order valence-electron chi connectivity index (χ2n) is 2.83. The van der Waals surface area contributed by atoms with E-state index in [1.807, 2.05) is 0 Å². The maximum atomic E-state index is 8.85. The van der Waals surface area contributed by atoms with E-state index in [1.165, 1.54) is 0 Å². The van der Waals surface area contributed by atoms with Gasteiger partial charge in [-0.05, 0) is 23.8 Å². The maximum absolute atomic E-state index is 8.85. The first-order valence-electron chi connectivity index (χ1n) is 4.19. The average Bonchev–Trinajstić information content (AvgIpc) is 2.27. The molecule has 0 aromatic heterocycles. The predicted octanol–water partition coefficient (Wildman–Crippen LogP) is 1.75. The molecule has 1 unspecified atom stereocenters. The minimum absolute atomic E-state index is 0.334. The molecular formula is C11H12N2O. The van der Waals surface area contributed by atoms with Crippen LogP contribution in [0.5, 0.6) is 5.75 Å². The lowest BCUT2D eigenvalue weighted by atomic mass is 10.0. The van der Waals surface area contributed by atoms with E-state index in [-0.39, 0.29) is 6.04 Å². The van der Waals surface area contributed by atoms with Crippen LogP contribution in [0, 0.1) is 11.3 Å². The Hall–Kier alpha value is -1.79. The maximum Gasteiger partial charge on any atom is 0.119 e. The molecule has 0 amide bonds. The van der Waals surface area contributed by atoms with Crippen molar-refractivity contribution in [3.63, 3.8) is 0 Å². The van der Waals surface area contributed by atoms with Gasteiger partial charge in [0.05, 0.1) is 18.7 Å². The molecule has 2 N–H and O–H groups in total. The summed E-state index contributed by atoms with van der Waals surface area (Å²) in [7, 11) is 1.57. The summed E-state index contributed by atoms with van der Waals surface area (Å²) in [4.78, 5) is 0. The van der Waals surface area contributed by atoms with Crippen molar-refractivity contribution in [3.8, 4) is 11.8 Å². The first kappa shape index (κ1) is 10.3. The molecular weight excluding hydrogens is 176 g/mol. The molecule has 0 saturated carbocycles. The Labute approximate surface area is 83.4 Å². The molecule has 14 heavy (non-hydrogen) atoms. The van der Waals surface area contributed by atoms with Crippen LogP contribution in [0.4, 0.5) is 0 Å². The Morgan fingerprint density at radius 3 is 2.86 bits per heavy atom. The van der Waals surface area contributed by atoms with E-state index in [0.29, 0.717) is 11.3 Å². The molecule has 0 aliphatic rings. The number of nitrogens with two attached hydrogens (primary N) is 1. The van der Waals surface area contributed by atoms with Crippen LogP contribution in [0.15, 0.2) is 30.9 Å². The highest BCUT2D eigenvalue weighted by Gasteiger charge is 2.08. The molecule has 1 atom stereocenters. The van der Waals surface area contributed by atoms with Crippen LogP contribution < -0.4 is 10.5 Å². The zero-order valence-corrected chi connectivity index (χ0v) is 8.03. The zero-order valence-electron chi connectivity index (χ0n) is 8.03. The number of benzene rings is 1. The van der Waals surface area contributed by atoms with Crippen LogP contribution in [0.1, 0.15) is 17.2 Å². The highest BCUT2D eigenvalue weighted by Crippen LogP contribution is 2.22. The molecule has 0 saturated heterocycles. The van der Waals surface area contributed by atoms with Crippen molar-refractivity contribution in [1.82, 2.24) is 0 Å². The van der Waals surface area contributed by atoms with Gasteiger partial charge >= 0.3 is 0 Å². The van der Waals surface area contributed by atoms with E-state index >= 15 is 0 Å². The van der Waals surface area contributed by atoms with Crippen molar-refractivity contribution in [2.75, 3.05) is 7.11 Å². The van der Waals surface area contributed by atoms with Crippen LogP contribution in [0.3, 0.4) is 0 Å². The quantitative estimate of drug-likeness (QED) is 0.735. The third-order valence-electron chi connectivity index (χ3n) is 1.99. The fourth-order valence-corrected chi connectivity index (χ4v) is 1.17. The minimum atomic E-state index is -0.334. The third-order valence-corrected chi connectivity index (χ3v) is 1.99. The van der Waals surface area contributed by atoms with E-state index < -0.39 is 0 Å². The van der Waals surface area contributed by atoms with Gasteiger partial charge in [-0.25, -0.2) is 0 Å². The first-order chi connectivity index (χ1) is 6.72. The van der Waals surface area contributed by atoms with E-state index in [2.05, 4.69) is 12.6 Å². The van der Waals surface area contributed by atoms with Gasteiger partial charge in [0.1, 0.15) is 5.75 Å². The number of hydrogen-bond donors (Lipinski definition) is 1. The predicted molar refractivity (Wildman–Crippen MR) is 54.8 cm³/mol. The number of hydrogen-bond acceptors (Lipinski definition) is 3. The molecule has 1 rings (SSSR count). The highest BCUT2D eigenvalue weighted by atomic mass is 16.5. The summed E-state index contributed by atoms with van der Waals surface area (Å²) in [5, 5.41) is 8.85. The molecule has 3 nitrogen and oxygen atoms in total. The lowest BCUT2D eigenvalue weighted by Gasteiger charge is -2.10. The summed E-state index contributed by atoms with van der Waals surface area (Å²) in [5.74, 6) is 0.691. The van der Waals surface area contributed by atoms with Crippen LogP contribution in [-0.4, -0.2) is 7.11 Å². The lowest BCUT2D eigenvalue weighted by Crippen LogP contribution is -2.08. The Morgan fingerprint density at radius 1 is 1.64 bits per heavy atom. The summed E-state index contributed by atoms with van der Waals surface area (Å²) in [6.45, 7) is 3.59. The van der Waals surface area contributed by atoms with Gasteiger partial charge < -0.3 is 10.5 Å². The van der Waals surface area contributed by atoms with Gasteiger partial charge in [0.2, 0.25) is 0 Å². The standard InChI is InChI=1S/C11H12N2O/c1-3-11(13)10-6-9(14-2)5-4-8(10)7-12/h3-6,11H,1,13H2,2H3. The van der Waals surface area contributed by atoms with E-state index in [4.69, 9.17) is 15.7 Å². The number of nitrogens with zero attached hydrogens (tertiary/aromatic N) is 1. The Kier molecular flexibility index (Phi) is 3.27. The molecule has 0 bridgehead atoms. The molecule has 3 heteroatoms. The molecule has 0 heterocycles. The summed E-state index contributed by atoms with van der Waals surface area (Å²) >= 11 is 0. The smallest absolute Gasteiger partial charge is 0.119 e. The number of rotatable bonds is 3. The van der Waals surface area contributed by atoms with E-state index in [0.717, 1.165) is 5.56 Å². The van der Waals surface area contributed by atoms with Crippen molar-refractivity contribution < 1.29 is 4.74 Å². The molecule has 0 aliphatic heterocycles. The summed E-state index contributed by atoms with van der Waals surface area (Å²) in [5.41, 5.74) is 7.06. The largest absolute Gasteiger partial charge is 0.497 e. The minimum Gasteiger partial charge on any atom is -0.497 e. The van der Waals surface area contributed by atoms with E-state index in [1.54, 1.807) is 31.4 Å². The average molecular weight is 188 g/mol. The Bertz CT molecular complexity index is 379. The number of nitriles is 1. The topological polar surface area (TPSA) is 59.0 Å². The van der Waals surface area contributed by atoms with Crippen LogP contribution in [0.25, 0.3) is 0 Å². The highest BCUT2D eigenvalue weighted by molar-refractivity contribution is 5.45. The molecule has 1 aromatic carbocycles. The van der Waals surface area contributed by atoms with Gasteiger partial charge in [-0.3, -0.25) is 0 Å². The monoisotopic (exact) mass is 188 g/mol. The lowest BCUT2D eigenvalue weighted by molar-refractivity contribution is 0.414. The molecule has 72 valence electrons. The molecule has 1 aromatic rings.